The molecule has 1 aliphatic carbocycles. The Bertz CT molecular complexity index is 363. The Hall–Kier alpha value is -0.410. The average molecular weight is 287 g/mol. The molecule has 1 atom stereocenters. The topological polar surface area (TPSA) is 20.2 Å². The molecule has 0 radical (unpaired) electrons. The molecule has 0 amide bonds. The predicted molar refractivity (Wildman–Crippen MR) is 65.8 cm³/mol. The van der Waals surface area contributed by atoms with Gasteiger partial charge < -0.3 is 5.11 Å². The van der Waals surface area contributed by atoms with Gasteiger partial charge in [0, 0.05) is 0 Å². The van der Waals surface area contributed by atoms with E-state index in [0.717, 1.165) is 12.0 Å². The van der Waals surface area contributed by atoms with Crippen molar-refractivity contribution in [1.29, 1.82) is 0 Å². The van der Waals surface area contributed by atoms with E-state index in [9.17, 15) is 9.50 Å². The van der Waals surface area contributed by atoms with E-state index < -0.39 is 0 Å². The first-order valence-corrected chi connectivity index (χ1v) is 6.57. The summed E-state index contributed by atoms with van der Waals surface area (Å²) in [5.41, 5.74) is 0.854. The van der Waals surface area contributed by atoms with Crippen molar-refractivity contribution in [3.63, 3.8) is 0 Å². The molecule has 0 aromatic heterocycles. The molecule has 0 spiro atoms. The van der Waals surface area contributed by atoms with Gasteiger partial charge in [-0.3, -0.25) is 0 Å². The van der Waals surface area contributed by atoms with Gasteiger partial charge in [0.15, 0.2) is 0 Å². The largest absolute Gasteiger partial charge is 0.393 e. The van der Waals surface area contributed by atoms with Crippen molar-refractivity contribution in [3.8, 4) is 0 Å². The van der Waals surface area contributed by atoms with E-state index in [1.807, 2.05) is 6.07 Å². The number of halogens is 2. The maximum atomic E-state index is 13.2. The Labute approximate surface area is 104 Å². The standard InChI is InChI=1S/C13H16BrFO/c14-13-10(5-2-6-12(13)15)8-11(16)7-9-3-1-4-9/h2,5-6,9,11,16H,1,3-4,7-8H2. The zero-order valence-corrected chi connectivity index (χ0v) is 10.7. The third-order valence-electron chi connectivity index (χ3n) is 3.32. The maximum absolute atomic E-state index is 13.2. The lowest BCUT2D eigenvalue weighted by Gasteiger charge is -2.27. The molecule has 1 nitrogen and oxygen atoms in total. The van der Waals surface area contributed by atoms with Gasteiger partial charge in [0.25, 0.3) is 0 Å². The van der Waals surface area contributed by atoms with Crippen molar-refractivity contribution in [2.75, 3.05) is 0 Å². The first-order chi connectivity index (χ1) is 7.66. The lowest BCUT2D eigenvalue weighted by atomic mass is 9.80. The van der Waals surface area contributed by atoms with Crippen LogP contribution in [0, 0.1) is 11.7 Å². The minimum atomic E-state index is -0.344. The molecule has 0 bridgehead atoms. The van der Waals surface area contributed by atoms with Crippen molar-refractivity contribution in [1.82, 2.24) is 0 Å². The van der Waals surface area contributed by atoms with E-state index in [1.54, 1.807) is 6.07 Å². The molecule has 1 aromatic carbocycles. The first-order valence-electron chi connectivity index (χ1n) is 5.77. The molecule has 0 aliphatic heterocycles. The van der Waals surface area contributed by atoms with E-state index in [1.165, 1.54) is 25.3 Å². The van der Waals surface area contributed by atoms with Gasteiger partial charge in [-0.05, 0) is 46.3 Å². The number of hydrogen-bond acceptors (Lipinski definition) is 1. The van der Waals surface area contributed by atoms with Crippen molar-refractivity contribution >= 4 is 15.9 Å². The average Bonchev–Trinajstić information content (AvgIpc) is 2.19. The molecule has 1 unspecified atom stereocenters. The van der Waals surface area contributed by atoms with Gasteiger partial charge in [-0.2, -0.15) is 0 Å². The van der Waals surface area contributed by atoms with Gasteiger partial charge in [-0.25, -0.2) is 4.39 Å². The van der Waals surface area contributed by atoms with Crippen LogP contribution >= 0.6 is 15.9 Å². The molecule has 0 saturated heterocycles. The van der Waals surface area contributed by atoms with Crippen molar-refractivity contribution in [2.45, 2.75) is 38.2 Å². The molecular weight excluding hydrogens is 271 g/mol. The minimum Gasteiger partial charge on any atom is -0.393 e. The molecule has 3 heteroatoms. The second-order valence-electron chi connectivity index (χ2n) is 4.60. The Kier molecular flexibility index (Phi) is 3.98. The summed E-state index contributed by atoms with van der Waals surface area (Å²) in [5.74, 6) is 0.427. The highest BCUT2D eigenvalue weighted by Crippen LogP contribution is 2.31. The fraction of sp³-hybridized carbons (Fsp3) is 0.538. The molecule has 1 aromatic rings. The smallest absolute Gasteiger partial charge is 0.137 e. The summed E-state index contributed by atoms with van der Waals surface area (Å²) >= 11 is 3.22. The Morgan fingerprint density at radius 1 is 1.44 bits per heavy atom. The number of aliphatic hydroxyl groups excluding tert-OH is 1. The second-order valence-corrected chi connectivity index (χ2v) is 5.40. The number of hydrogen-bond donors (Lipinski definition) is 1. The van der Waals surface area contributed by atoms with Crippen LogP contribution in [0.25, 0.3) is 0 Å². The van der Waals surface area contributed by atoms with Gasteiger partial charge in [0.2, 0.25) is 0 Å². The summed E-state index contributed by atoms with van der Waals surface area (Å²) in [6.45, 7) is 0. The predicted octanol–water partition coefficient (Wildman–Crippen LogP) is 3.68. The van der Waals surface area contributed by atoms with Crippen LogP contribution in [0.3, 0.4) is 0 Å². The molecule has 0 heterocycles. The lowest BCUT2D eigenvalue weighted by molar-refractivity contribution is 0.117. The van der Waals surface area contributed by atoms with Crippen LogP contribution in [-0.4, -0.2) is 11.2 Å². The molecule has 88 valence electrons. The minimum absolute atomic E-state index is 0.256. The third-order valence-corrected chi connectivity index (χ3v) is 4.21. The lowest BCUT2D eigenvalue weighted by Crippen LogP contribution is -2.21. The van der Waals surface area contributed by atoms with Gasteiger partial charge in [-0.15, -0.1) is 0 Å². The summed E-state index contributed by atoms with van der Waals surface area (Å²) in [5, 5.41) is 9.91. The van der Waals surface area contributed by atoms with Gasteiger partial charge >= 0.3 is 0 Å². The molecule has 16 heavy (non-hydrogen) atoms. The van der Waals surface area contributed by atoms with Crippen LogP contribution in [0.15, 0.2) is 22.7 Å². The van der Waals surface area contributed by atoms with Gasteiger partial charge in [-0.1, -0.05) is 31.4 Å². The van der Waals surface area contributed by atoms with Crippen molar-refractivity contribution < 1.29 is 9.50 Å². The van der Waals surface area contributed by atoms with Crippen LogP contribution < -0.4 is 0 Å². The monoisotopic (exact) mass is 286 g/mol. The Morgan fingerprint density at radius 2 is 2.19 bits per heavy atom. The number of benzene rings is 1. The molecule has 2 rings (SSSR count). The first kappa shape index (κ1) is 12.1. The van der Waals surface area contributed by atoms with Crippen LogP contribution in [-0.2, 0) is 6.42 Å². The van der Waals surface area contributed by atoms with Crippen LogP contribution in [0.1, 0.15) is 31.2 Å². The normalized spacial score (nSPS) is 18.2. The summed E-state index contributed by atoms with van der Waals surface area (Å²) in [7, 11) is 0. The maximum Gasteiger partial charge on any atom is 0.137 e. The van der Waals surface area contributed by atoms with Gasteiger partial charge in [0.05, 0.1) is 10.6 Å². The number of rotatable bonds is 4. The summed E-state index contributed by atoms with van der Waals surface area (Å²) in [4.78, 5) is 0. The van der Waals surface area contributed by atoms with Crippen LogP contribution in [0.5, 0.6) is 0 Å². The van der Waals surface area contributed by atoms with Gasteiger partial charge in [0.1, 0.15) is 5.82 Å². The SMILES string of the molecule is OC(Cc1cccc(F)c1Br)CC1CCC1. The molecule has 1 aliphatic rings. The second kappa shape index (κ2) is 5.28. The quantitative estimate of drug-likeness (QED) is 0.895. The fourth-order valence-corrected chi connectivity index (χ4v) is 2.58. The zero-order valence-electron chi connectivity index (χ0n) is 9.13. The highest BCUT2D eigenvalue weighted by atomic mass is 79.9. The van der Waals surface area contributed by atoms with E-state index in [-0.39, 0.29) is 11.9 Å². The highest BCUT2D eigenvalue weighted by molar-refractivity contribution is 9.10. The summed E-state index contributed by atoms with van der Waals surface area (Å²) in [6.07, 6.45) is 4.81. The van der Waals surface area contributed by atoms with Crippen molar-refractivity contribution in [3.05, 3.63) is 34.1 Å². The van der Waals surface area contributed by atoms with E-state index in [4.69, 9.17) is 0 Å². The van der Waals surface area contributed by atoms with Crippen LogP contribution in [0.2, 0.25) is 0 Å². The molecule has 1 saturated carbocycles. The highest BCUT2D eigenvalue weighted by Gasteiger charge is 2.21. The zero-order chi connectivity index (χ0) is 11.5. The Balaban J connectivity index is 1.94. The van der Waals surface area contributed by atoms with E-state index in [2.05, 4.69) is 15.9 Å². The molecule has 1 N–H and O–H groups in total. The molecular formula is C13H16BrFO. The van der Waals surface area contributed by atoms with Crippen molar-refractivity contribution in [2.24, 2.45) is 5.92 Å². The number of aliphatic hydroxyl groups is 1. The fourth-order valence-electron chi connectivity index (χ4n) is 2.16. The Morgan fingerprint density at radius 3 is 2.81 bits per heavy atom. The third kappa shape index (κ3) is 2.83. The molecule has 1 fully saturated rings. The van der Waals surface area contributed by atoms with Crippen LogP contribution in [0.4, 0.5) is 4.39 Å². The van der Waals surface area contributed by atoms with E-state index >= 15 is 0 Å². The summed E-state index contributed by atoms with van der Waals surface area (Å²) < 4.78 is 13.7. The van der Waals surface area contributed by atoms with E-state index in [0.29, 0.717) is 16.8 Å². The summed E-state index contributed by atoms with van der Waals surface area (Å²) in [6, 6.07) is 4.97.